The van der Waals surface area contributed by atoms with E-state index in [1.54, 1.807) is 0 Å². The van der Waals surface area contributed by atoms with Crippen LogP contribution in [-0.4, -0.2) is 0 Å². The normalized spacial score (nSPS) is 11.7. The van der Waals surface area contributed by atoms with Crippen LogP contribution in [0.3, 0.4) is 0 Å². The summed E-state index contributed by atoms with van der Waals surface area (Å²) in [5.41, 5.74) is 9.88. The van der Waals surface area contributed by atoms with E-state index in [4.69, 9.17) is 4.42 Å². The van der Waals surface area contributed by atoms with Crippen LogP contribution in [-0.2, 0) is 0 Å². The molecule has 2 nitrogen and oxygen atoms in total. The van der Waals surface area contributed by atoms with Crippen LogP contribution in [0.25, 0.3) is 87.3 Å². The van der Waals surface area contributed by atoms with Crippen molar-refractivity contribution < 1.29 is 4.42 Å². The Bertz CT molecular complexity index is 3210. The van der Waals surface area contributed by atoms with E-state index in [9.17, 15) is 0 Å². The predicted molar refractivity (Wildman–Crippen MR) is 229 cm³/mol. The van der Waals surface area contributed by atoms with E-state index in [0.29, 0.717) is 0 Å². The zero-order valence-electron chi connectivity index (χ0n) is 29.4. The van der Waals surface area contributed by atoms with Crippen LogP contribution in [0.5, 0.6) is 0 Å². The molecule has 0 atom stereocenters. The van der Waals surface area contributed by atoms with Gasteiger partial charge in [-0.25, -0.2) is 0 Å². The highest BCUT2D eigenvalue weighted by Crippen LogP contribution is 2.46. The van der Waals surface area contributed by atoms with Gasteiger partial charge >= 0.3 is 0 Å². The first-order valence-corrected chi connectivity index (χ1v) is 18.5. The van der Waals surface area contributed by atoms with Crippen molar-refractivity contribution in [2.24, 2.45) is 0 Å². The minimum Gasteiger partial charge on any atom is -0.456 e. The molecule has 11 rings (SSSR count). The number of nitrogens with zero attached hydrogens (tertiary/aromatic N) is 1. The number of furan rings is 1. The quantitative estimate of drug-likeness (QED) is 0.168. The Labute approximate surface area is 312 Å². The fourth-order valence-electron chi connectivity index (χ4n) is 8.51. The molecule has 0 aliphatic heterocycles. The summed E-state index contributed by atoms with van der Waals surface area (Å²) in [6.45, 7) is 0. The lowest BCUT2D eigenvalue weighted by atomic mass is 9.90. The Hall–Kier alpha value is -7.16. The van der Waals surface area contributed by atoms with E-state index >= 15 is 0 Å². The molecule has 252 valence electrons. The molecule has 0 saturated heterocycles. The molecule has 0 radical (unpaired) electrons. The van der Waals surface area contributed by atoms with Crippen molar-refractivity contribution in [3.63, 3.8) is 0 Å². The molecular weight excluding hydrogens is 655 g/mol. The lowest BCUT2D eigenvalue weighted by molar-refractivity contribution is 0.669. The van der Waals surface area contributed by atoms with Crippen molar-refractivity contribution in [1.29, 1.82) is 0 Å². The molecule has 1 heterocycles. The van der Waals surface area contributed by atoms with E-state index in [1.807, 2.05) is 12.1 Å². The molecule has 0 saturated carbocycles. The lowest BCUT2D eigenvalue weighted by Crippen LogP contribution is -2.11. The van der Waals surface area contributed by atoms with Gasteiger partial charge < -0.3 is 9.32 Å². The van der Waals surface area contributed by atoms with Crippen LogP contribution < -0.4 is 4.90 Å². The maximum atomic E-state index is 6.33. The van der Waals surface area contributed by atoms with Crippen LogP contribution in [0.1, 0.15) is 0 Å². The maximum Gasteiger partial charge on any atom is 0.136 e. The molecule has 11 aromatic rings. The second kappa shape index (κ2) is 12.2. The third kappa shape index (κ3) is 4.81. The highest BCUT2D eigenvalue weighted by molar-refractivity contribution is 6.23. The Kier molecular flexibility index (Phi) is 6.90. The molecule has 10 aromatic carbocycles. The average molecular weight is 688 g/mol. The molecule has 0 fully saturated rings. The molecular formula is C52H33NO. The standard InChI is InChI=1S/C52H33NO/c1-2-13-34(14-3-1)41-19-8-10-22-48(41)53(49-23-12-17-38-32-51-47(33-45(38)49)43-21-9-11-24-50(43)54-51)39-28-25-36(26-29-39)46-31-37-16-5-6-18-40(37)44-30-27-35-15-4-7-20-42(35)52(44)46/h1-33H. The van der Waals surface area contributed by atoms with Crippen molar-refractivity contribution >= 4 is 82.1 Å². The van der Waals surface area contributed by atoms with E-state index in [1.165, 1.54) is 54.6 Å². The molecule has 0 spiro atoms. The molecule has 0 aliphatic carbocycles. The van der Waals surface area contributed by atoms with Crippen LogP contribution in [0.4, 0.5) is 17.1 Å². The largest absolute Gasteiger partial charge is 0.456 e. The fraction of sp³-hybridized carbons (Fsp3) is 0. The zero-order valence-corrected chi connectivity index (χ0v) is 29.4. The van der Waals surface area contributed by atoms with Gasteiger partial charge in [-0.2, -0.15) is 0 Å². The molecule has 2 heteroatoms. The van der Waals surface area contributed by atoms with Crippen LogP contribution in [0, 0.1) is 0 Å². The highest BCUT2D eigenvalue weighted by atomic mass is 16.3. The summed E-state index contributed by atoms with van der Waals surface area (Å²) in [4.78, 5) is 2.43. The molecule has 0 aliphatic rings. The number of benzene rings is 10. The summed E-state index contributed by atoms with van der Waals surface area (Å²) in [5.74, 6) is 0. The number of hydrogen-bond acceptors (Lipinski definition) is 2. The van der Waals surface area contributed by atoms with Gasteiger partial charge in [-0.15, -0.1) is 0 Å². The number of anilines is 3. The SMILES string of the molecule is c1ccc(-c2ccccc2N(c2ccc(-c3cc4ccccc4c4ccc5ccccc5c34)cc2)c2cccc3cc4oc5ccccc5c4cc23)cc1. The van der Waals surface area contributed by atoms with Gasteiger partial charge in [0.2, 0.25) is 0 Å². The first-order valence-electron chi connectivity index (χ1n) is 18.5. The van der Waals surface area contributed by atoms with Gasteiger partial charge in [0.15, 0.2) is 0 Å². The van der Waals surface area contributed by atoms with Gasteiger partial charge in [0.1, 0.15) is 11.2 Å². The number of hydrogen-bond donors (Lipinski definition) is 0. The van der Waals surface area contributed by atoms with Crippen molar-refractivity contribution in [3.8, 4) is 22.3 Å². The molecule has 1 aromatic heterocycles. The van der Waals surface area contributed by atoms with Crippen molar-refractivity contribution in [1.82, 2.24) is 0 Å². The smallest absolute Gasteiger partial charge is 0.136 e. The Morgan fingerprint density at radius 3 is 1.83 bits per heavy atom. The van der Waals surface area contributed by atoms with Gasteiger partial charge in [-0.1, -0.05) is 152 Å². The summed E-state index contributed by atoms with van der Waals surface area (Å²) >= 11 is 0. The summed E-state index contributed by atoms with van der Waals surface area (Å²) in [7, 11) is 0. The van der Waals surface area contributed by atoms with Crippen LogP contribution in [0.2, 0.25) is 0 Å². The van der Waals surface area contributed by atoms with Crippen molar-refractivity contribution in [2.75, 3.05) is 4.90 Å². The van der Waals surface area contributed by atoms with E-state index in [2.05, 4.69) is 193 Å². The lowest BCUT2D eigenvalue weighted by Gasteiger charge is -2.29. The van der Waals surface area contributed by atoms with E-state index in [0.717, 1.165) is 49.8 Å². The summed E-state index contributed by atoms with van der Waals surface area (Å²) in [6, 6.07) is 72.4. The van der Waals surface area contributed by atoms with Crippen LogP contribution in [0.15, 0.2) is 205 Å². The molecule has 0 N–H and O–H groups in total. The minimum absolute atomic E-state index is 0.900. The number of para-hydroxylation sites is 2. The topological polar surface area (TPSA) is 16.4 Å². The summed E-state index contributed by atoms with van der Waals surface area (Å²) in [5, 5.41) is 12.1. The van der Waals surface area contributed by atoms with E-state index < -0.39 is 0 Å². The Balaban J connectivity index is 1.15. The average Bonchev–Trinajstić information content (AvgIpc) is 3.61. The Morgan fingerprint density at radius 1 is 0.315 bits per heavy atom. The van der Waals surface area contributed by atoms with Gasteiger partial charge in [0.05, 0.1) is 11.4 Å². The third-order valence-corrected chi connectivity index (χ3v) is 11.0. The first-order chi connectivity index (χ1) is 26.8. The number of rotatable bonds is 5. The molecule has 54 heavy (non-hydrogen) atoms. The van der Waals surface area contributed by atoms with Crippen LogP contribution >= 0.6 is 0 Å². The minimum atomic E-state index is 0.900. The first kappa shape index (κ1) is 30.5. The second-order valence-electron chi connectivity index (χ2n) is 14.1. The predicted octanol–water partition coefficient (Wildman–Crippen LogP) is 15.0. The fourth-order valence-corrected chi connectivity index (χ4v) is 8.51. The monoisotopic (exact) mass is 687 g/mol. The summed E-state index contributed by atoms with van der Waals surface area (Å²) in [6.07, 6.45) is 0. The molecule has 0 unspecified atom stereocenters. The Morgan fingerprint density at radius 2 is 0.963 bits per heavy atom. The zero-order chi connectivity index (χ0) is 35.6. The maximum absolute atomic E-state index is 6.33. The second-order valence-corrected chi connectivity index (χ2v) is 14.1. The van der Waals surface area contributed by atoms with Gasteiger partial charge in [-0.05, 0) is 103 Å². The summed E-state index contributed by atoms with van der Waals surface area (Å²) < 4.78 is 6.33. The van der Waals surface area contributed by atoms with E-state index in [-0.39, 0.29) is 0 Å². The van der Waals surface area contributed by atoms with Crippen molar-refractivity contribution in [3.05, 3.63) is 200 Å². The van der Waals surface area contributed by atoms with Gasteiger partial charge in [0, 0.05) is 27.4 Å². The third-order valence-electron chi connectivity index (χ3n) is 11.0. The van der Waals surface area contributed by atoms with Gasteiger partial charge in [0.25, 0.3) is 0 Å². The van der Waals surface area contributed by atoms with Gasteiger partial charge in [-0.3, -0.25) is 0 Å². The molecule has 0 bridgehead atoms. The number of fused-ring (bicyclic) bond motifs is 9. The molecule has 0 amide bonds. The highest BCUT2D eigenvalue weighted by Gasteiger charge is 2.21. The van der Waals surface area contributed by atoms with Crippen molar-refractivity contribution in [2.45, 2.75) is 0 Å².